The van der Waals surface area contributed by atoms with Crippen LogP contribution in [0.15, 0.2) is 127 Å². The first-order chi connectivity index (χ1) is 17.3. The second kappa shape index (κ2) is 9.05. The van der Waals surface area contributed by atoms with E-state index >= 15 is 0 Å². The summed E-state index contributed by atoms with van der Waals surface area (Å²) in [5, 5.41) is 9.92. The average molecular weight is 456 g/mol. The van der Waals surface area contributed by atoms with Gasteiger partial charge in [-0.1, -0.05) is 97.1 Å². The van der Waals surface area contributed by atoms with Crippen molar-refractivity contribution in [1.82, 2.24) is 0 Å². The molecule has 0 bridgehead atoms. The van der Waals surface area contributed by atoms with Crippen molar-refractivity contribution < 1.29 is 5.11 Å². The van der Waals surface area contributed by atoms with E-state index in [1.165, 1.54) is 33.4 Å². The van der Waals surface area contributed by atoms with E-state index in [0.29, 0.717) is 6.54 Å². The van der Waals surface area contributed by atoms with E-state index in [2.05, 4.69) is 120 Å². The number of hydrogen-bond donors (Lipinski definition) is 1. The Morgan fingerprint density at radius 1 is 0.686 bits per heavy atom. The molecule has 0 aromatic heterocycles. The van der Waals surface area contributed by atoms with Crippen LogP contribution in [0, 0.1) is 0 Å². The molecule has 4 aromatic rings. The van der Waals surface area contributed by atoms with Gasteiger partial charge in [-0.15, -0.1) is 0 Å². The van der Waals surface area contributed by atoms with E-state index in [9.17, 15) is 5.11 Å². The van der Waals surface area contributed by atoms with Crippen molar-refractivity contribution in [3.63, 3.8) is 0 Å². The molecule has 0 spiro atoms. The molecule has 35 heavy (non-hydrogen) atoms. The smallest absolute Gasteiger partial charge is 0.0711 e. The predicted octanol–water partition coefficient (Wildman–Crippen LogP) is 7.41. The Morgan fingerprint density at radius 3 is 2.14 bits per heavy atom. The summed E-state index contributed by atoms with van der Waals surface area (Å²) in [5.41, 5.74) is 9.65. The van der Waals surface area contributed by atoms with Gasteiger partial charge >= 0.3 is 0 Å². The summed E-state index contributed by atoms with van der Waals surface area (Å²) in [5.74, 6) is 0. The summed E-state index contributed by atoms with van der Waals surface area (Å²) in [4.78, 5) is 2.21. The number of fused-ring (bicyclic) bond motifs is 3. The lowest BCUT2D eigenvalue weighted by Gasteiger charge is -2.36. The van der Waals surface area contributed by atoms with Crippen molar-refractivity contribution in [2.24, 2.45) is 0 Å². The van der Waals surface area contributed by atoms with Crippen LogP contribution < -0.4 is 4.90 Å². The molecular formula is C33H29NO. The first-order valence-corrected chi connectivity index (χ1v) is 12.4. The summed E-state index contributed by atoms with van der Waals surface area (Å²) in [7, 11) is 0. The maximum absolute atomic E-state index is 9.92. The van der Waals surface area contributed by atoms with Crippen molar-refractivity contribution >= 4 is 11.4 Å². The topological polar surface area (TPSA) is 23.5 Å². The van der Waals surface area contributed by atoms with E-state index in [4.69, 9.17) is 0 Å². The minimum atomic E-state index is -0.373. The van der Waals surface area contributed by atoms with Crippen LogP contribution in [0.4, 0.5) is 11.4 Å². The summed E-state index contributed by atoms with van der Waals surface area (Å²) in [6, 6.07) is 37.0. The van der Waals surface area contributed by atoms with Crippen LogP contribution in [-0.4, -0.2) is 18.3 Å². The van der Waals surface area contributed by atoms with Gasteiger partial charge in [0.1, 0.15) is 0 Å². The average Bonchev–Trinajstić information content (AvgIpc) is 3.24. The minimum Gasteiger partial charge on any atom is -0.395 e. The molecule has 2 aliphatic rings. The summed E-state index contributed by atoms with van der Waals surface area (Å²) >= 11 is 0. The molecule has 0 amide bonds. The number of benzene rings is 4. The zero-order valence-corrected chi connectivity index (χ0v) is 19.8. The van der Waals surface area contributed by atoms with Crippen molar-refractivity contribution in [2.75, 3.05) is 18.1 Å². The van der Waals surface area contributed by atoms with Gasteiger partial charge in [0.25, 0.3) is 0 Å². The second-order valence-electron chi connectivity index (χ2n) is 9.24. The van der Waals surface area contributed by atoms with Gasteiger partial charge < -0.3 is 10.0 Å². The Kier molecular flexibility index (Phi) is 5.60. The van der Waals surface area contributed by atoms with Crippen molar-refractivity contribution in [3.8, 4) is 11.1 Å². The third-order valence-electron chi connectivity index (χ3n) is 7.37. The highest BCUT2D eigenvalue weighted by Gasteiger charge is 2.46. The largest absolute Gasteiger partial charge is 0.395 e. The van der Waals surface area contributed by atoms with E-state index in [0.717, 1.165) is 24.2 Å². The lowest BCUT2D eigenvalue weighted by atomic mass is 9.66. The van der Waals surface area contributed by atoms with E-state index in [-0.39, 0.29) is 12.0 Å². The van der Waals surface area contributed by atoms with Gasteiger partial charge in [0.15, 0.2) is 0 Å². The van der Waals surface area contributed by atoms with E-state index < -0.39 is 0 Å². The highest BCUT2D eigenvalue weighted by molar-refractivity contribution is 5.88. The van der Waals surface area contributed by atoms with Gasteiger partial charge in [0, 0.05) is 17.9 Å². The molecule has 0 saturated carbocycles. The van der Waals surface area contributed by atoms with Gasteiger partial charge in [-0.25, -0.2) is 0 Å². The maximum atomic E-state index is 9.92. The molecule has 1 N–H and O–H groups in total. The molecule has 2 heteroatoms. The standard InChI is InChI=1S/C33H29NO/c35-23-22-34(27-16-8-3-9-17-27)28-20-21-30-29-18-10-11-19-31(29)33(32(30)24-28,25-12-4-1-5-13-25)26-14-6-2-7-15-26/h1,3-6,8-21,24,35H,2,7,22-23H2. The SMILES string of the molecule is OCCN(c1ccccc1)c1ccc2c(c1)C(C1=CCCC=C1)(c1ccccc1)c1ccccc1-2. The van der Waals surface area contributed by atoms with E-state index in [1.54, 1.807) is 0 Å². The van der Waals surface area contributed by atoms with Crippen LogP contribution >= 0.6 is 0 Å². The van der Waals surface area contributed by atoms with E-state index in [1.807, 2.05) is 6.07 Å². The van der Waals surface area contributed by atoms with Gasteiger partial charge in [0.2, 0.25) is 0 Å². The number of allylic oxidation sites excluding steroid dienone is 4. The molecule has 1 unspecified atom stereocenters. The molecule has 0 aliphatic heterocycles. The van der Waals surface area contributed by atoms with Crippen LogP contribution in [0.1, 0.15) is 29.5 Å². The fraction of sp³-hybridized carbons (Fsp3) is 0.152. The molecule has 2 nitrogen and oxygen atoms in total. The molecule has 0 fully saturated rings. The lowest BCUT2D eigenvalue weighted by molar-refractivity contribution is 0.305. The van der Waals surface area contributed by atoms with Crippen molar-refractivity contribution in [2.45, 2.75) is 18.3 Å². The first kappa shape index (κ1) is 21.6. The van der Waals surface area contributed by atoms with Crippen LogP contribution in [0.5, 0.6) is 0 Å². The Labute approximate surface area is 207 Å². The van der Waals surface area contributed by atoms with Crippen LogP contribution in [0.3, 0.4) is 0 Å². The van der Waals surface area contributed by atoms with Gasteiger partial charge in [-0.05, 0) is 70.5 Å². The van der Waals surface area contributed by atoms with Crippen LogP contribution in [0.2, 0.25) is 0 Å². The molecule has 172 valence electrons. The number of rotatable bonds is 6. The predicted molar refractivity (Wildman–Crippen MR) is 145 cm³/mol. The third kappa shape index (κ3) is 3.45. The minimum absolute atomic E-state index is 0.0872. The summed E-state index contributed by atoms with van der Waals surface area (Å²) in [6.45, 7) is 0.626. The second-order valence-corrected chi connectivity index (χ2v) is 9.24. The van der Waals surface area contributed by atoms with Gasteiger partial charge in [-0.2, -0.15) is 0 Å². The number of aliphatic hydroxyl groups is 1. The molecule has 0 saturated heterocycles. The molecular weight excluding hydrogens is 426 g/mol. The van der Waals surface area contributed by atoms with Crippen molar-refractivity contribution in [3.05, 3.63) is 144 Å². The Bertz CT molecular complexity index is 1400. The molecule has 4 aromatic carbocycles. The van der Waals surface area contributed by atoms with Gasteiger partial charge in [-0.3, -0.25) is 0 Å². The maximum Gasteiger partial charge on any atom is 0.0711 e. The number of nitrogens with zero attached hydrogens (tertiary/aromatic N) is 1. The first-order valence-electron chi connectivity index (χ1n) is 12.4. The van der Waals surface area contributed by atoms with Crippen LogP contribution in [-0.2, 0) is 5.41 Å². The molecule has 2 aliphatic carbocycles. The molecule has 0 heterocycles. The third-order valence-corrected chi connectivity index (χ3v) is 7.37. The quantitative estimate of drug-likeness (QED) is 0.327. The number of aliphatic hydroxyl groups excluding tert-OH is 1. The molecule has 1 atom stereocenters. The number of anilines is 2. The Balaban J connectivity index is 1.65. The normalized spacial score (nSPS) is 18.0. The van der Waals surface area contributed by atoms with Gasteiger partial charge in [0.05, 0.1) is 12.0 Å². The molecule has 6 rings (SSSR count). The summed E-state index contributed by atoms with van der Waals surface area (Å²) in [6.07, 6.45) is 9.21. The fourth-order valence-corrected chi connectivity index (χ4v) is 5.92. The number of para-hydroxylation sites is 1. The zero-order chi connectivity index (χ0) is 23.7. The summed E-state index contributed by atoms with van der Waals surface area (Å²) < 4.78 is 0. The van der Waals surface area contributed by atoms with Crippen LogP contribution in [0.25, 0.3) is 11.1 Å². The monoisotopic (exact) mass is 455 g/mol. The zero-order valence-electron chi connectivity index (χ0n) is 19.8. The Morgan fingerprint density at radius 2 is 1.40 bits per heavy atom. The number of hydrogen-bond acceptors (Lipinski definition) is 2. The Hall–Kier alpha value is -3.88. The lowest BCUT2D eigenvalue weighted by Crippen LogP contribution is -2.30. The highest BCUT2D eigenvalue weighted by atomic mass is 16.3. The van der Waals surface area contributed by atoms with Crippen molar-refractivity contribution in [1.29, 1.82) is 0 Å². The fourth-order valence-electron chi connectivity index (χ4n) is 5.92. The molecule has 0 radical (unpaired) electrons. The highest BCUT2D eigenvalue weighted by Crippen LogP contribution is 2.57.